The molecule has 3 N–H and O–H groups in total. The van der Waals surface area contributed by atoms with Crippen LogP contribution in [0.3, 0.4) is 0 Å². The molecule has 0 spiro atoms. The fourth-order valence-corrected chi connectivity index (χ4v) is 2.41. The van der Waals surface area contributed by atoms with E-state index < -0.39 is 17.1 Å². The van der Waals surface area contributed by atoms with Crippen molar-refractivity contribution in [3.05, 3.63) is 0 Å². The van der Waals surface area contributed by atoms with Gasteiger partial charge < -0.3 is 10.8 Å². The van der Waals surface area contributed by atoms with Gasteiger partial charge in [0.05, 0.1) is 6.04 Å². The van der Waals surface area contributed by atoms with Gasteiger partial charge in [0.2, 0.25) is 5.91 Å². The van der Waals surface area contributed by atoms with E-state index >= 15 is 0 Å². The van der Waals surface area contributed by atoms with Crippen LogP contribution in [-0.2, 0) is 9.59 Å². The molecule has 0 aromatic heterocycles. The second kappa shape index (κ2) is 4.65. The molecule has 14 heavy (non-hydrogen) atoms. The van der Waals surface area contributed by atoms with Crippen molar-refractivity contribution < 1.29 is 14.7 Å². The maximum Gasteiger partial charge on any atom is 0.317 e. The summed E-state index contributed by atoms with van der Waals surface area (Å²) in [6.07, 6.45) is 0. The maximum absolute atomic E-state index is 10.9. The number of carboxylic acid groups (broad SMARTS) is 1. The number of rotatable bonds is 3. The van der Waals surface area contributed by atoms with Crippen LogP contribution in [0.4, 0.5) is 0 Å². The molecule has 1 heterocycles. The zero-order valence-electron chi connectivity index (χ0n) is 7.97. The van der Waals surface area contributed by atoms with Gasteiger partial charge in [-0.15, -0.1) is 11.8 Å². The molecule has 0 aliphatic carbocycles. The Morgan fingerprint density at radius 2 is 2.29 bits per heavy atom. The topological polar surface area (TPSA) is 83.6 Å². The van der Waals surface area contributed by atoms with Crippen LogP contribution in [0.2, 0.25) is 0 Å². The second-order valence-electron chi connectivity index (χ2n) is 3.27. The summed E-state index contributed by atoms with van der Waals surface area (Å²) in [6.45, 7) is 2.82. The van der Waals surface area contributed by atoms with Gasteiger partial charge in [0.1, 0.15) is 5.25 Å². The molecular weight excluding hydrogens is 204 g/mol. The van der Waals surface area contributed by atoms with Gasteiger partial charge in [0, 0.05) is 18.8 Å². The van der Waals surface area contributed by atoms with Gasteiger partial charge in [0.25, 0.3) is 0 Å². The highest BCUT2D eigenvalue weighted by molar-refractivity contribution is 8.00. The number of amides is 1. The number of hydrogen-bond donors (Lipinski definition) is 2. The Morgan fingerprint density at radius 3 is 2.79 bits per heavy atom. The highest BCUT2D eigenvalue weighted by Gasteiger charge is 2.30. The molecular formula is C8H14N2O3S. The molecule has 80 valence electrons. The summed E-state index contributed by atoms with van der Waals surface area (Å²) in [5.74, 6) is -0.494. The first-order valence-electron chi connectivity index (χ1n) is 4.40. The zero-order valence-corrected chi connectivity index (χ0v) is 8.79. The Labute approximate surface area is 86.6 Å². The molecule has 1 saturated heterocycles. The first kappa shape index (κ1) is 11.3. The van der Waals surface area contributed by atoms with Crippen molar-refractivity contribution in [1.29, 1.82) is 0 Å². The van der Waals surface area contributed by atoms with Crippen LogP contribution in [0.25, 0.3) is 0 Å². The van der Waals surface area contributed by atoms with Crippen LogP contribution in [0.15, 0.2) is 0 Å². The third-order valence-electron chi connectivity index (χ3n) is 2.33. The van der Waals surface area contributed by atoms with Crippen LogP contribution in [0.5, 0.6) is 0 Å². The van der Waals surface area contributed by atoms with Crippen molar-refractivity contribution in [2.45, 2.75) is 18.2 Å². The molecule has 1 aliphatic rings. The first-order valence-corrected chi connectivity index (χ1v) is 5.45. The molecule has 1 rings (SSSR count). The number of nitrogens with two attached hydrogens (primary N) is 1. The normalized spacial score (nSPS) is 25.6. The van der Waals surface area contributed by atoms with Gasteiger partial charge in [-0.05, 0) is 6.92 Å². The predicted octanol–water partition coefficient (Wildman–Crippen LogP) is -0.638. The smallest absolute Gasteiger partial charge is 0.317 e. The quantitative estimate of drug-likeness (QED) is 0.658. The fourth-order valence-electron chi connectivity index (χ4n) is 1.35. The van der Waals surface area contributed by atoms with Crippen LogP contribution in [-0.4, -0.2) is 52.0 Å². The predicted molar refractivity (Wildman–Crippen MR) is 54.1 cm³/mol. The third-order valence-corrected chi connectivity index (χ3v) is 3.50. The average molecular weight is 218 g/mol. The summed E-state index contributed by atoms with van der Waals surface area (Å²) >= 11 is 1.41. The number of hydrogen-bond acceptors (Lipinski definition) is 4. The van der Waals surface area contributed by atoms with Crippen molar-refractivity contribution in [2.24, 2.45) is 5.73 Å². The molecule has 0 bridgehead atoms. The second-order valence-corrected chi connectivity index (χ2v) is 4.58. The van der Waals surface area contributed by atoms with E-state index in [0.717, 1.165) is 12.3 Å². The van der Waals surface area contributed by atoms with Gasteiger partial charge in [-0.1, -0.05) is 0 Å². The van der Waals surface area contributed by atoms with E-state index in [9.17, 15) is 9.59 Å². The summed E-state index contributed by atoms with van der Waals surface area (Å²) in [7, 11) is 0. The molecule has 1 aliphatic heterocycles. The van der Waals surface area contributed by atoms with Crippen molar-refractivity contribution in [1.82, 2.24) is 4.90 Å². The molecule has 2 atom stereocenters. The standard InChI is InChI=1S/C8H14N2O3S/c1-5(7(9)11)10-2-3-14-6(4-10)8(12)13/h5-6H,2-4H2,1H3,(H2,9,11)(H,12,13). The van der Waals surface area contributed by atoms with Crippen LogP contribution in [0.1, 0.15) is 6.92 Å². The summed E-state index contributed by atoms with van der Waals surface area (Å²) in [4.78, 5) is 23.4. The monoisotopic (exact) mass is 218 g/mol. The van der Waals surface area contributed by atoms with Gasteiger partial charge >= 0.3 is 5.97 Å². The number of aliphatic carboxylic acids is 1. The molecule has 0 saturated carbocycles. The van der Waals surface area contributed by atoms with Gasteiger partial charge in [-0.2, -0.15) is 0 Å². The molecule has 0 aromatic carbocycles. The molecule has 0 radical (unpaired) electrons. The van der Waals surface area contributed by atoms with Crippen molar-refractivity contribution in [3.63, 3.8) is 0 Å². The summed E-state index contributed by atoms with van der Waals surface area (Å²) in [5.41, 5.74) is 5.15. The maximum atomic E-state index is 10.9. The minimum atomic E-state index is -0.823. The molecule has 1 amide bonds. The molecule has 2 unspecified atom stereocenters. The molecule has 0 aromatic rings. The minimum absolute atomic E-state index is 0.377. The van der Waals surface area contributed by atoms with Crippen LogP contribution >= 0.6 is 11.8 Å². The van der Waals surface area contributed by atoms with Gasteiger partial charge in [0.15, 0.2) is 0 Å². The average Bonchev–Trinajstić information content (AvgIpc) is 2.16. The Bertz CT molecular complexity index is 235. The molecule has 5 nitrogen and oxygen atoms in total. The van der Waals surface area contributed by atoms with E-state index in [1.165, 1.54) is 11.8 Å². The summed E-state index contributed by atoms with van der Waals surface area (Å²) in [5, 5.41) is 8.37. The lowest BCUT2D eigenvalue weighted by molar-refractivity contribution is -0.137. The third kappa shape index (κ3) is 2.62. The fraction of sp³-hybridized carbons (Fsp3) is 0.750. The van der Waals surface area contributed by atoms with Crippen molar-refractivity contribution in [3.8, 4) is 0 Å². The number of nitrogens with zero attached hydrogens (tertiary/aromatic N) is 1. The molecule has 1 fully saturated rings. The number of carbonyl (C=O) groups is 2. The Balaban J connectivity index is 2.55. The lowest BCUT2D eigenvalue weighted by Crippen LogP contribution is -2.50. The highest BCUT2D eigenvalue weighted by Crippen LogP contribution is 2.20. The Morgan fingerprint density at radius 1 is 1.64 bits per heavy atom. The Hall–Kier alpha value is -0.750. The first-order chi connectivity index (χ1) is 6.52. The number of primary amides is 1. The number of carbonyl (C=O) groups excluding carboxylic acids is 1. The summed E-state index contributed by atoms with van der Waals surface area (Å²) in [6, 6.07) is -0.377. The number of carboxylic acids is 1. The van der Waals surface area contributed by atoms with Gasteiger partial charge in [-0.25, -0.2) is 0 Å². The summed E-state index contributed by atoms with van der Waals surface area (Å²) < 4.78 is 0. The SMILES string of the molecule is CC(C(N)=O)N1CCSC(C(=O)O)C1. The van der Waals surface area contributed by atoms with Crippen molar-refractivity contribution in [2.75, 3.05) is 18.8 Å². The largest absolute Gasteiger partial charge is 0.480 e. The zero-order chi connectivity index (χ0) is 10.7. The molecule has 6 heteroatoms. The van der Waals surface area contributed by atoms with E-state index in [0.29, 0.717) is 6.54 Å². The minimum Gasteiger partial charge on any atom is -0.480 e. The Kier molecular flexibility index (Phi) is 3.77. The lowest BCUT2D eigenvalue weighted by Gasteiger charge is -2.33. The van der Waals surface area contributed by atoms with E-state index in [1.54, 1.807) is 6.92 Å². The number of thioether (sulfide) groups is 1. The van der Waals surface area contributed by atoms with Crippen LogP contribution in [0, 0.1) is 0 Å². The van der Waals surface area contributed by atoms with Gasteiger partial charge in [-0.3, -0.25) is 14.5 Å². The van der Waals surface area contributed by atoms with E-state index in [-0.39, 0.29) is 6.04 Å². The van der Waals surface area contributed by atoms with E-state index in [1.807, 2.05) is 4.90 Å². The van der Waals surface area contributed by atoms with Crippen LogP contribution < -0.4 is 5.73 Å². The highest BCUT2D eigenvalue weighted by atomic mass is 32.2. The van der Waals surface area contributed by atoms with E-state index in [2.05, 4.69) is 0 Å². The lowest BCUT2D eigenvalue weighted by atomic mass is 10.2. The van der Waals surface area contributed by atoms with Crippen molar-refractivity contribution >= 4 is 23.6 Å². The van der Waals surface area contributed by atoms with E-state index in [4.69, 9.17) is 10.8 Å².